The second-order valence-electron chi connectivity index (χ2n) is 4.36. The van der Waals surface area contributed by atoms with Crippen LogP contribution in [-0.2, 0) is 6.18 Å². The SMILES string of the molecule is Cc1ccc(C(Br)c2ccccc2C(F)(F)F)cc1. The summed E-state index contributed by atoms with van der Waals surface area (Å²) in [5, 5.41) is 0. The van der Waals surface area contributed by atoms with Gasteiger partial charge in [0.05, 0.1) is 10.4 Å². The van der Waals surface area contributed by atoms with Crippen LogP contribution >= 0.6 is 15.9 Å². The van der Waals surface area contributed by atoms with Crippen molar-refractivity contribution < 1.29 is 13.2 Å². The van der Waals surface area contributed by atoms with E-state index >= 15 is 0 Å². The van der Waals surface area contributed by atoms with Gasteiger partial charge in [0.15, 0.2) is 0 Å². The van der Waals surface area contributed by atoms with Crippen LogP contribution in [0.3, 0.4) is 0 Å². The molecule has 0 nitrogen and oxygen atoms in total. The van der Waals surface area contributed by atoms with Crippen molar-refractivity contribution in [2.75, 3.05) is 0 Å². The fourth-order valence-electron chi connectivity index (χ4n) is 1.89. The molecule has 0 fully saturated rings. The van der Waals surface area contributed by atoms with E-state index in [1.807, 2.05) is 31.2 Å². The van der Waals surface area contributed by atoms with Crippen molar-refractivity contribution in [3.8, 4) is 0 Å². The number of hydrogen-bond acceptors (Lipinski definition) is 0. The molecule has 0 radical (unpaired) electrons. The molecule has 0 heterocycles. The topological polar surface area (TPSA) is 0 Å². The average Bonchev–Trinajstić information content (AvgIpc) is 2.38. The number of aryl methyl sites for hydroxylation is 1. The first-order valence-corrected chi connectivity index (χ1v) is 6.68. The average molecular weight is 329 g/mol. The summed E-state index contributed by atoms with van der Waals surface area (Å²) in [6, 6.07) is 13.1. The Morgan fingerprint density at radius 2 is 1.53 bits per heavy atom. The van der Waals surface area contributed by atoms with E-state index in [0.717, 1.165) is 17.2 Å². The van der Waals surface area contributed by atoms with Gasteiger partial charge in [-0.3, -0.25) is 0 Å². The van der Waals surface area contributed by atoms with Crippen molar-refractivity contribution in [2.24, 2.45) is 0 Å². The zero-order chi connectivity index (χ0) is 14.0. The molecule has 0 saturated heterocycles. The summed E-state index contributed by atoms with van der Waals surface area (Å²) in [6.07, 6.45) is -4.34. The number of benzene rings is 2. The minimum Gasteiger partial charge on any atom is -0.166 e. The predicted molar refractivity (Wildman–Crippen MR) is 73.4 cm³/mol. The second kappa shape index (κ2) is 5.37. The normalized spacial score (nSPS) is 13.3. The third-order valence-corrected chi connectivity index (χ3v) is 3.93. The number of hydrogen-bond donors (Lipinski definition) is 0. The summed E-state index contributed by atoms with van der Waals surface area (Å²) in [5.74, 6) is 0. The maximum atomic E-state index is 13.0. The molecule has 0 aliphatic carbocycles. The van der Waals surface area contributed by atoms with Gasteiger partial charge in [-0.15, -0.1) is 0 Å². The molecule has 0 amide bonds. The standard InChI is InChI=1S/C15H12BrF3/c1-10-6-8-11(9-7-10)14(16)12-4-2-3-5-13(12)15(17,18)19/h2-9,14H,1H3. The van der Waals surface area contributed by atoms with Crippen LogP contribution in [0, 0.1) is 6.92 Å². The predicted octanol–water partition coefficient (Wildman–Crippen LogP) is 5.50. The Morgan fingerprint density at radius 1 is 0.947 bits per heavy atom. The molecule has 2 rings (SSSR count). The fourth-order valence-corrected chi connectivity index (χ4v) is 2.60. The van der Waals surface area contributed by atoms with Crippen LogP contribution in [0.5, 0.6) is 0 Å². The van der Waals surface area contributed by atoms with Crippen molar-refractivity contribution in [3.63, 3.8) is 0 Å². The Morgan fingerprint density at radius 3 is 2.11 bits per heavy atom. The first kappa shape index (κ1) is 14.1. The molecule has 0 aliphatic heterocycles. The summed E-state index contributed by atoms with van der Waals surface area (Å²) in [5.41, 5.74) is 1.52. The molecular formula is C15H12BrF3. The van der Waals surface area contributed by atoms with E-state index in [2.05, 4.69) is 15.9 Å². The molecule has 0 N–H and O–H groups in total. The maximum Gasteiger partial charge on any atom is 0.416 e. The Balaban J connectivity index is 2.44. The van der Waals surface area contributed by atoms with Gasteiger partial charge >= 0.3 is 6.18 Å². The van der Waals surface area contributed by atoms with E-state index in [9.17, 15) is 13.2 Å². The van der Waals surface area contributed by atoms with Gasteiger partial charge in [0.25, 0.3) is 0 Å². The summed E-state index contributed by atoms with van der Waals surface area (Å²) in [4.78, 5) is -0.467. The van der Waals surface area contributed by atoms with E-state index in [1.54, 1.807) is 6.07 Å². The van der Waals surface area contributed by atoms with Gasteiger partial charge in [-0.1, -0.05) is 64.0 Å². The molecule has 2 aromatic carbocycles. The highest BCUT2D eigenvalue weighted by atomic mass is 79.9. The minimum absolute atomic E-state index is 0.235. The van der Waals surface area contributed by atoms with Gasteiger partial charge in [-0.2, -0.15) is 13.2 Å². The Bertz CT molecular complexity index is 558. The highest BCUT2D eigenvalue weighted by molar-refractivity contribution is 9.09. The van der Waals surface area contributed by atoms with E-state index in [-0.39, 0.29) is 5.56 Å². The molecule has 2 aromatic rings. The van der Waals surface area contributed by atoms with Gasteiger partial charge in [0, 0.05) is 0 Å². The van der Waals surface area contributed by atoms with E-state index in [1.165, 1.54) is 12.1 Å². The molecule has 100 valence electrons. The first-order valence-electron chi connectivity index (χ1n) is 5.76. The summed E-state index contributed by atoms with van der Waals surface area (Å²) in [6.45, 7) is 1.94. The fraction of sp³-hybridized carbons (Fsp3) is 0.200. The minimum atomic E-state index is -4.34. The Labute approximate surface area is 118 Å². The van der Waals surface area contributed by atoms with Crippen molar-refractivity contribution in [2.45, 2.75) is 17.9 Å². The van der Waals surface area contributed by atoms with Crippen LogP contribution < -0.4 is 0 Å². The lowest BCUT2D eigenvalue weighted by Crippen LogP contribution is -2.10. The van der Waals surface area contributed by atoms with Crippen LogP contribution in [0.1, 0.15) is 27.1 Å². The van der Waals surface area contributed by atoms with Gasteiger partial charge < -0.3 is 0 Å². The largest absolute Gasteiger partial charge is 0.416 e. The van der Waals surface area contributed by atoms with Gasteiger partial charge in [0.1, 0.15) is 0 Å². The van der Waals surface area contributed by atoms with Crippen LogP contribution in [0.4, 0.5) is 13.2 Å². The highest BCUT2D eigenvalue weighted by Crippen LogP contribution is 2.39. The zero-order valence-electron chi connectivity index (χ0n) is 10.2. The van der Waals surface area contributed by atoms with E-state index < -0.39 is 16.6 Å². The lowest BCUT2D eigenvalue weighted by atomic mass is 9.99. The molecule has 0 bridgehead atoms. The Hall–Kier alpha value is -1.29. The van der Waals surface area contributed by atoms with Gasteiger partial charge in [-0.25, -0.2) is 0 Å². The number of rotatable bonds is 2. The monoisotopic (exact) mass is 328 g/mol. The lowest BCUT2D eigenvalue weighted by molar-refractivity contribution is -0.138. The third-order valence-electron chi connectivity index (χ3n) is 2.91. The second-order valence-corrected chi connectivity index (χ2v) is 5.27. The quantitative estimate of drug-likeness (QED) is 0.639. The van der Waals surface area contributed by atoms with Gasteiger partial charge in [0.2, 0.25) is 0 Å². The number of halogens is 4. The lowest BCUT2D eigenvalue weighted by Gasteiger charge is -2.17. The number of alkyl halides is 4. The summed E-state index contributed by atoms with van der Waals surface area (Å²) in [7, 11) is 0. The van der Waals surface area contributed by atoms with Gasteiger partial charge in [-0.05, 0) is 24.1 Å². The smallest absolute Gasteiger partial charge is 0.166 e. The summed E-state index contributed by atoms with van der Waals surface area (Å²) >= 11 is 3.36. The molecule has 19 heavy (non-hydrogen) atoms. The van der Waals surface area contributed by atoms with Crippen molar-refractivity contribution >= 4 is 15.9 Å². The van der Waals surface area contributed by atoms with Crippen LogP contribution in [0.2, 0.25) is 0 Å². The molecule has 4 heteroatoms. The molecule has 1 unspecified atom stereocenters. The first-order chi connectivity index (χ1) is 8.89. The molecule has 0 saturated carbocycles. The molecule has 1 atom stereocenters. The zero-order valence-corrected chi connectivity index (χ0v) is 11.8. The van der Waals surface area contributed by atoms with Crippen LogP contribution in [0.25, 0.3) is 0 Å². The molecular weight excluding hydrogens is 317 g/mol. The van der Waals surface area contributed by atoms with Crippen LogP contribution in [-0.4, -0.2) is 0 Å². The van der Waals surface area contributed by atoms with E-state index in [4.69, 9.17) is 0 Å². The van der Waals surface area contributed by atoms with E-state index in [0.29, 0.717) is 0 Å². The highest BCUT2D eigenvalue weighted by Gasteiger charge is 2.34. The summed E-state index contributed by atoms with van der Waals surface area (Å²) < 4.78 is 38.9. The Kier molecular flexibility index (Phi) is 3.99. The maximum absolute atomic E-state index is 13.0. The molecule has 0 aromatic heterocycles. The molecule has 0 aliphatic rings. The van der Waals surface area contributed by atoms with Crippen molar-refractivity contribution in [1.29, 1.82) is 0 Å². The third kappa shape index (κ3) is 3.18. The van der Waals surface area contributed by atoms with Crippen molar-refractivity contribution in [1.82, 2.24) is 0 Å². The van der Waals surface area contributed by atoms with Crippen molar-refractivity contribution in [3.05, 3.63) is 70.8 Å². The molecule has 0 spiro atoms. The van der Waals surface area contributed by atoms with Crippen LogP contribution in [0.15, 0.2) is 48.5 Å².